The van der Waals surface area contributed by atoms with Gasteiger partial charge >= 0.3 is 6.18 Å². The van der Waals surface area contributed by atoms with Crippen LogP contribution in [0, 0.1) is 0 Å². The molecule has 1 atom stereocenters. The monoisotopic (exact) mass is 335 g/mol. The molecule has 1 heterocycles. The molecular formula is C13H13ClF3N3O2. The minimum absolute atomic E-state index is 0.0886. The molecule has 1 aromatic carbocycles. The number of amides is 2. The van der Waals surface area contributed by atoms with Gasteiger partial charge in [0.15, 0.2) is 0 Å². The molecule has 5 nitrogen and oxygen atoms in total. The minimum Gasteiger partial charge on any atom is -0.345 e. The fourth-order valence-electron chi connectivity index (χ4n) is 2.34. The van der Waals surface area contributed by atoms with Gasteiger partial charge in [0, 0.05) is 17.1 Å². The number of carbonyl (C=O) groups excluding carboxylic acids is 2. The summed E-state index contributed by atoms with van der Waals surface area (Å²) in [6.07, 6.45) is -4.43. The quantitative estimate of drug-likeness (QED) is 0.872. The summed E-state index contributed by atoms with van der Waals surface area (Å²) >= 11 is 5.86. The normalized spacial score (nSPS) is 17.3. The summed E-state index contributed by atoms with van der Waals surface area (Å²) in [6.45, 7) is -1.81. The van der Waals surface area contributed by atoms with Crippen molar-refractivity contribution in [1.29, 1.82) is 0 Å². The molecular weight excluding hydrogens is 323 g/mol. The average Bonchev–Trinajstić information content (AvgIpc) is 2.81. The number of nitrogens with two attached hydrogens (primary N) is 1. The highest BCUT2D eigenvalue weighted by Crippen LogP contribution is 2.34. The lowest BCUT2D eigenvalue weighted by Gasteiger charge is -2.24. The third kappa shape index (κ3) is 3.50. The number of hydrogen-bond donors (Lipinski definition) is 2. The molecule has 0 aliphatic carbocycles. The molecule has 2 rings (SSSR count). The first-order chi connectivity index (χ1) is 10.2. The first-order valence-corrected chi connectivity index (χ1v) is 6.75. The molecule has 0 aromatic heterocycles. The number of carbonyl (C=O) groups is 2. The van der Waals surface area contributed by atoms with E-state index < -0.39 is 30.6 Å². The fraction of sp³-hybridized carbons (Fsp3) is 0.385. The predicted octanol–water partition coefficient (Wildman–Crippen LogP) is 1.23. The Kier molecular flexibility index (Phi) is 4.62. The maximum Gasteiger partial charge on any atom is 0.405 e. The molecule has 0 spiro atoms. The Labute approximate surface area is 129 Å². The van der Waals surface area contributed by atoms with Gasteiger partial charge in [-0.1, -0.05) is 11.6 Å². The fourth-order valence-corrected chi connectivity index (χ4v) is 2.54. The highest BCUT2D eigenvalue weighted by Gasteiger charge is 2.39. The van der Waals surface area contributed by atoms with Crippen LogP contribution in [0.25, 0.3) is 0 Å². The van der Waals surface area contributed by atoms with Crippen LogP contribution in [0.1, 0.15) is 5.56 Å². The second-order valence-corrected chi connectivity index (χ2v) is 5.23. The molecule has 1 aliphatic rings. The molecule has 0 saturated carbocycles. The van der Waals surface area contributed by atoms with E-state index in [1.54, 1.807) is 17.4 Å². The molecule has 0 saturated heterocycles. The Hall–Kier alpha value is -1.80. The highest BCUT2D eigenvalue weighted by atomic mass is 35.5. The van der Waals surface area contributed by atoms with Crippen LogP contribution in [0.15, 0.2) is 18.2 Å². The van der Waals surface area contributed by atoms with Gasteiger partial charge in [0.2, 0.25) is 11.8 Å². The van der Waals surface area contributed by atoms with E-state index in [4.69, 9.17) is 17.3 Å². The number of rotatable bonds is 3. The molecule has 1 aliphatic heterocycles. The van der Waals surface area contributed by atoms with E-state index in [0.29, 0.717) is 16.3 Å². The van der Waals surface area contributed by atoms with Gasteiger partial charge < -0.3 is 11.1 Å². The maximum absolute atomic E-state index is 12.2. The Morgan fingerprint density at radius 3 is 2.68 bits per heavy atom. The zero-order valence-corrected chi connectivity index (χ0v) is 12.0. The summed E-state index contributed by atoms with van der Waals surface area (Å²) in [4.78, 5) is 25.1. The van der Waals surface area contributed by atoms with E-state index in [1.807, 2.05) is 0 Å². The van der Waals surface area contributed by atoms with E-state index >= 15 is 0 Å². The number of anilines is 1. The molecule has 0 bridgehead atoms. The predicted molar refractivity (Wildman–Crippen MR) is 74.5 cm³/mol. The lowest BCUT2D eigenvalue weighted by molar-refractivity contribution is -0.139. The van der Waals surface area contributed by atoms with Crippen molar-refractivity contribution in [2.75, 3.05) is 18.0 Å². The molecule has 120 valence electrons. The van der Waals surface area contributed by atoms with Crippen LogP contribution in [-0.2, 0) is 16.0 Å². The molecule has 1 unspecified atom stereocenters. The molecule has 1 aromatic rings. The number of fused-ring (bicyclic) bond motifs is 1. The minimum atomic E-state index is -4.52. The average molecular weight is 336 g/mol. The number of hydrogen-bond acceptors (Lipinski definition) is 3. The van der Waals surface area contributed by atoms with Crippen LogP contribution in [0.2, 0.25) is 5.02 Å². The molecule has 0 radical (unpaired) electrons. The van der Waals surface area contributed by atoms with E-state index in [-0.39, 0.29) is 13.0 Å². The van der Waals surface area contributed by atoms with Crippen LogP contribution in [0.4, 0.5) is 18.9 Å². The zero-order chi connectivity index (χ0) is 16.5. The van der Waals surface area contributed by atoms with Crippen molar-refractivity contribution in [3.63, 3.8) is 0 Å². The van der Waals surface area contributed by atoms with Crippen molar-refractivity contribution >= 4 is 29.1 Å². The van der Waals surface area contributed by atoms with Crippen molar-refractivity contribution in [2.45, 2.75) is 18.6 Å². The maximum atomic E-state index is 12.2. The Bertz CT molecular complexity index is 607. The van der Waals surface area contributed by atoms with Gasteiger partial charge in [0.05, 0.1) is 6.54 Å². The third-order valence-electron chi connectivity index (χ3n) is 3.24. The van der Waals surface area contributed by atoms with Crippen molar-refractivity contribution in [3.05, 3.63) is 28.8 Å². The smallest absolute Gasteiger partial charge is 0.345 e. The Morgan fingerprint density at radius 1 is 1.41 bits per heavy atom. The molecule has 0 fully saturated rings. The first-order valence-electron chi connectivity index (χ1n) is 6.38. The Morgan fingerprint density at radius 2 is 2.09 bits per heavy atom. The van der Waals surface area contributed by atoms with Crippen LogP contribution >= 0.6 is 11.6 Å². The van der Waals surface area contributed by atoms with Gasteiger partial charge in [0.25, 0.3) is 0 Å². The standard InChI is InChI=1S/C13H13ClF3N3O2/c14-8-1-2-9-7(3-8)4-10(20(9)11(21)5-18)12(22)19-6-13(15,16)17/h1-3,10H,4-6,18H2,(H,19,22). The van der Waals surface area contributed by atoms with E-state index in [2.05, 4.69) is 0 Å². The van der Waals surface area contributed by atoms with Gasteiger partial charge in [-0.25, -0.2) is 0 Å². The van der Waals surface area contributed by atoms with Crippen molar-refractivity contribution in [2.24, 2.45) is 5.73 Å². The van der Waals surface area contributed by atoms with Gasteiger partial charge in [-0.3, -0.25) is 14.5 Å². The molecule has 9 heteroatoms. The van der Waals surface area contributed by atoms with Crippen LogP contribution in [0.3, 0.4) is 0 Å². The summed E-state index contributed by atoms with van der Waals surface area (Å²) in [5, 5.41) is 2.20. The van der Waals surface area contributed by atoms with Gasteiger partial charge in [0.1, 0.15) is 12.6 Å². The zero-order valence-electron chi connectivity index (χ0n) is 11.3. The molecule has 22 heavy (non-hydrogen) atoms. The lowest BCUT2D eigenvalue weighted by Crippen LogP contribution is -2.51. The Balaban J connectivity index is 2.24. The van der Waals surface area contributed by atoms with Crippen molar-refractivity contribution < 1.29 is 22.8 Å². The SMILES string of the molecule is NCC(=O)N1c2ccc(Cl)cc2CC1C(=O)NCC(F)(F)F. The summed E-state index contributed by atoms with van der Waals surface area (Å²) in [6, 6.07) is 3.59. The summed E-state index contributed by atoms with van der Waals surface area (Å²) < 4.78 is 36.6. The van der Waals surface area contributed by atoms with Crippen molar-refractivity contribution in [3.8, 4) is 0 Å². The summed E-state index contributed by atoms with van der Waals surface area (Å²) in [5.74, 6) is -1.43. The van der Waals surface area contributed by atoms with Crippen LogP contribution in [0.5, 0.6) is 0 Å². The second-order valence-electron chi connectivity index (χ2n) is 4.79. The lowest BCUT2D eigenvalue weighted by atomic mass is 10.1. The van der Waals surface area contributed by atoms with E-state index in [9.17, 15) is 22.8 Å². The molecule has 3 N–H and O–H groups in total. The third-order valence-corrected chi connectivity index (χ3v) is 3.47. The number of benzene rings is 1. The summed E-state index contributed by atoms with van der Waals surface area (Å²) in [7, 11) is 0. The number of alkyl halides is 3. The summed E-state index contributed by atoms with van der Waals surface area (Å²) in [5.41, 5.74) is 6.37. The van der Waals surface area contributed by atoms with Gasteiger partial charge in [-0.05, 0) is 23.8 Å². The highest BCUT2D eigenvalue weighted by molar-refractivity contribution is 6.30. The number of halogens is 4. The van der Waals surface area contributed by atoms with Crippen LogP contribution < -0.4 is 16.0 Å². The van der Waals surface area contributed by atoms with Crippen LogP contribution in [-0.4, -0.2) is 37.1 Å². The van der Waals surface area contributed by atoms with Gasteiger partial charge in [-0.2, -0.15) is 13.2 Å². The van der Waals surface area contributed by atoms with E-state index in [0.717, 1.165) is 4.90 Å². The second kappa shape index (κ2) is 6.13. The van der Waals surface area contributed by atoms with E-state index in [1.165, 1.54) is 6.07 Å². The largest absolute Gasteiger partial charge is 0.405 e. The first kappa shape index (κ1) is 16.6. The number of nitrogens with zero attached hydrogens (tertiary/aromatic N) is 1. The van der Waals surface area contributed by atoms with Gasteiger partial charge in [-0.15, -0.1) is 0 Å². The van der Waals surface area contributed by atoms with Crippen molar-refractivity contribution in [1.82, 2.24) is 5.32 Å². The number of nitrogens with one attached hydrogen (secondary N) is 1. The molecule has 2 amide bonds. The topological polar surface area (TPSA) is 75.4 Å².